The number of rotatable bonds is 9. The molecular formula is C52H46S2. The van der Waals surface area contributed by atoms with Crippen LogP contribution in [0.1, 0.15) is 119 Å². The van der Waals surface area contributed by atoms with E-state index in [0.29, 0.717) is 0 Å². The fourth-order valence-corrected chi connectivity index (χ4v) is 8.24. The van der Waals surface area contributed by atoms with Gasteiger partial charge in [-0.1, -0.05) is 149 Å². The average molecular weight is 735 g/mol. The van der Waals surface area contributed by atoms with E-state index >= 15 is 0 Å². The number of hydrogen-bond donors (Lipinski definition) is 0. The molecule has 2 aromatic heterocycles. The van der Waals surface area contributed by atoms with Crippen LogP contribution in [0.15, 0.2) is 109 Å². The van der Waals surface area contributed by atoms with E-state index in [0.717, 1.165) is 104 Å². The highest BCUT2D eigenvalue weighted by atomic mass is 32.1. The van der Waals surface area contributed by atoms with Gasteiger partial charge in [-0.15, -0.1) is 22.7 Å². The van der Waals surface area contributed by atoms with Crippen LogP contribution in [0.25, 0.3) is 9.75 Å². The maximum Gasteiger partial charge on any atom is 0.0792 e. The first kappa shape index (κ1) is 38.3. The zero-order valence-electron chi connectivity index (χ0n) is 31.9. The summed E-state index contributed by atoms with van der Waals surface area (Å²) in [5.41, 5.74) is 11.3. The van der Waals surface area contributed by atoms with E-state index in [1.807, 2.05) is 0 Å². The predicted molar refractivity (Wildman–Crippen MR) is 233 cm³/mol. The first-order valence-corrected chi connectivity index (χ1v) is 20.9. The van der Waals surface area contributed by atoms with Crippen molar-refractivity contribution >= 4 is 22.7 Å². The molecule has 2 heteroatoms. The molecule has 2 heterocycles. The molecule has 4 aromatic carbocycles. The zero-order valence-corrected chi connectivity index (χ0v) is 33.5. The molecule has 0 radical (unpaired) electrons. The summed E-state index contributed by atoms with van der Waals surface area (Å²) in [6.07, 6.45) is 8.84. The Bertz CT molecular complexity index is 2230. The molecule has 0 aliphatic rings. The Balaban J connectivity index is 1.42. The molecule has 0 nitrogen and oxygen atoms in total. The lowest BCUT2D eigenvalue weighted by molar-refractivity contribution is 0.922. The summed E-state index contributed by atoms with van der Waals surface area (Å²) < 4.78 is 0. The minimum atomic E-state index is 0.958. The smallest absolute Gasteiger partial charge is 0.0792 e. The number of hydrogen-bond acceptors (Lipinski definition) is 2. The molecule has 0 bridgehead atoms. The summed E-state index contributed by atoms with van der Waals surface area (Å²) in [5.74, 6) is 27.7. The second-order valence-corrected chi connectivity index (χ2v) is 15.6. The Hall–Kier alpha value is -5.48. The lowest BCUT2D eigenvalue weighted by Crippen LogP contribution is -1.84. The molecule has 54 heavy (non-hydrogen) atoms. The normalized spacial score (nSPS) is 10.2. The molecule has 0 aliphatic carbocycles. The van der Waals surface area contributed by atoms with Crippen molar-refractivity contribution in [1.82, 2.24) is 0 Å². The highest BCUT2D eigenvalue weighted by Crippen LogP contribution is 2.39. The van der Waals surface area contributed by atoms with E-state index in [2.05, 4.69) is 184 Å². The van der Waals surface area contributed by atoms with Crippen molar-refractivity contribution in [2.24, 2.45) is 0 Å². The van der Waals surface area contributed by atoms with Crippen LogP contribution in [-0.4, -0.2) is 0 Å². The summed E-state index contributed by atoms with van der Waals surface area (Å²) in [7, 11) is 0. The van der Waals surface area contributed by atoms with Crippen molar-refractivity contribution in [2.45, 2.75) is 79.1 Å². The van der Waals surface area contributed by atoms with E-state index < -0.39 is 0 Å². The second-order valence-electron chi connectivity index (χ2n) is 13.5. The van der Waals surface area contributed by atoms with Gasteiger partial charge in [-0.2, -0.15) is 0 Å². The van der Waals surface area contributed by atoms with Gasteiger partial charge in [-0.05, 0) is 109 Å². The van der Waals surface area contributed by atoms with Gasteiger partial charge in [0.25, 0.3) is 0 Å². The van der Waals surface area contributed by atoms with E-state index in [4.69, 9.17) is 0 Å². The van der Waals surface area contributed by atoms with Crippen LogP contribution < -0.4 is 0 Å². The first-order valence-electron chi connectivity index (χ1n) is 19.2. The van der Waals surface area contributed by atoms with Crippen LogP contribution in [0.4, 0.5) is 0 Å². The van der Waals surface area contributed by atoms with Gasteiger partial charge < -0.3 is 0 Å². The van der Waals surface area contributed by atoms with E-state index in [1.165, 1.54) is 22.3 Å². The third-order valence-electron chi connectivity index (χ3n) is 8.98. The van der Waals surface area contributed by atoms with Crippen molar-refractivity contribution in [3.8, 4) is 57.1 Å². The Kier molecular flexibility index (Phi) is 13.9. The maximum atomic E-state index is 3.54. The number of benzene rings is 4. The predicted octanol–water partition coefficient (Wildman–Crippen LogP) is 12.9. The lowest BCUT2D eigenvalue weighted by Gasteiger charge is -1.99. The summed E-state index contributed by atoms with van der Waals surface area (Å²) in [6, 6.07) is 38.8. The molecule has 0 spiro atoms. The Labute approximate surface area is 331 Å². The third-order valence-corrected chi connectivity index (χ3v) is 11.2. The standard InChI is InChI=1S/C52H46S2/c1-5-9-39-13-21-43(22-14-39)29-33-47-37-49(35-31-45-25-17-41(11-7-3)18-26-45)53-51(47)52-48(34-30-44-23-15-40(10-6-2)16-24-44)38-50(54-52)36-32-46-27-19-42(12-8-4)20-28-46/h13-28,37-38H,5-12H2,1-4H3. The average Bonchev–Trinajstić information content (AvgIpc) is 3.81. The van der Waals surface area contributed by atoms with Gasteiger partial charge in [0.15, 0.2) is 0 Å². The molecule has 6 aromatic rings. The number of thiophene rings is 2. The highest BCUT2D eigenvalue weighted by Gasteiger charge is 2.16. The van der Waals surface area contributed by atoms with Gasteiger partial charge in [0, 0.05) is 33.4 Å². The summed E-state index contributed by atoms with van der Waals surface area (Å²) in [4.78, 5) is 4.11. The molecule has 6 rings (SSSR count). The SMILES string of the molecule is CCCc1ccc(C#Cc2cc(C#Cc3ccc(CCC)cc3)c(-c3sc(C#Cc4ccc(CCC)cc4)cc3C#Cc3ccc(CCC)cc3)s2)cc1. The first-order chi connectivity index (χ1) is 26.5. The van der Waals surface area contributed by atoms with Gasteiger partial charge in [-0.3, -0.25) is 0 Å². The minimum absolute atomic E-state index is 0.958. The van der Waals surface area contributed by atoms with Crippen LogP contribution in [0.5, 0.6) is 0 Å². The van der Waals surface area contributed by atoms with Crippen molar-refractivity contribution < 1.29 is 0 Å². The third kappa shape index (κ3) is 10.8. The fourth-order valence-electron chi connectivity index (χ4n) is 6.15. The molecule has 0 fully saturated rings. The van der Waals surface area contributed by atoms with Crippen LogP contribution >= 0.6 is 22.7 Å². The van der Waals surface area contributed by atoms with Gasteiger partial charge in [-0.25, -0.2) is 0 Å². The maximum absolute atomic E-state index is 3.54. The minimum Gasteiger partial charge on any atom is -0.124 e. The molecule has 0 aliphatic heterocycles. The summed E-state index contributed by atoms with van der Waals surface area (Å²) >= 11 is 3.37. The molecule has 0 atom stereocenters. The van der Waals surface area contributed by atoms with Crippen molar-refractivity contribution in [3.05, 3.63) is 175 Å². The summed E-state index contributed by atoms with van der Waals surface area (Å²) in [6.45, 7) is 8.84. The molecular weight excluding hydrogens is 689 g/mol. The quantitative estimate of drug-likeness (QED) is 0.130. The van der Waals surface area contributed by atoms with E-state index in [1.54, 1.807) is 22.7 Å². The van der Waals surface area contributed by atoms with Crippen LogP contribution in [0.3, 0.4) is 0 Å². The van der Waals surface area contributed by atoms with Gasteiger partial charge in [0.1, 0.15) is 0 Å². The number of aryl methyl sites for hydroxylation is 4. The molecule has 0 N–H and O–H groups in total. The van der Waals surface area contributed by atoms with Crippen molar-refractivity contribution in [2.75, 3.05) is 0 Å². The molecule has 0 saturated carbocycles. The molecule has 266 valence electrons. The van der Waals surface area contributed by atoms with E-state index in [-0.39, 0.29) is 0 Å². The van der Waals surface area contributed by atoms with Gasteiger partial charge in [0.2, 0.25) is 0 Å². The Morgan fingerprint density at radius 3 is 0.852 bits per heavy atom. The fraction of sp³-hybridized carbons (Fsp3) is 0.231. The highest BCUT2D eigenvalue weighted by molar-refractivity contribution is 7.23. The second kappa shape index (κ2) is 19.6. The van der Waals surface area contributed by atoms with Crippen LogP contribution in [0, 0.1) is 47.4 Å². The largest absolute Gasteiger partial charge is 0.124 e. The topological polar surface area (TPSA) is 0 Å². The zero-order chi connectivity index (χ0) is 37.5. The molecule has 0 saturated heterocycles. The Morgan fingerprint density at radius 2 is 0.593 bits per heavy atom. The van der Waals surface area contributed by atoms with Crippen molar-refractivity contribution in [3.63, 3.8) is 0 Å². The van der Waals surface area contributed by atoms with Gasteiger partial charge in [0.05, 0.1) is 19.5 Å². The van der Waals surface area contributed by atoms with Crippen LogP contribution in [-0.2, 0) is 25.7 Å². The lowest BCUT2D eigenvalue weighted by atomic mass is 10.1. The van der Waals surface area contributed by atoms with E-state index in [9.17, 15) is 0 Å². The molecule has 0 amide bonds. The molecule has 0 unspecified atom stereocenters. The van der Waals surface area contributed by atoms with Crippen LogP contribution in [0.2, 0.25) is 0 Å². The summed E-state index contributed by atoms with van der Waals surface area (Å²) in [5, 5.41) is 0. The monoisotopic (exact) mass is 734 g/mol. The van der Waals surface area contributed by atoms with Crippen molar-refractivity contribution in [1.29, 1.82) is 0 Å². The Morgan fingerprint density at radius 1 is 0.333 bits per heavy atom. The van der Waals surface area contributed by atoms with Gasteiger partial charge >= 0.3 is 0 Å².